The molecule has 3 aromatic rings. The van der Waals surface area contributed by atoms with Gasteiger partial charge in [0.25, 0.3) is 5.91 Å². The summed E-state index contributed by atoms with van der Waals surface area (Å²) in [7, 11) is 0. The number of aromatic nitrogens is 1. The zero-order valence-electron chi connectivity index (χ0n) is 20.7. The van der Waals surface area contributed by atoms with E-state index in [1.54, 1.807) is 42.5 Å². The maximum absolute atomic E-state index is 13.9. The van der Waals surface area contributed by atoms with E-state index in [1.165, 1.54) is 12.1 Å². The average molecular weight is 523 g/mol. The summed E-state index contributed by atoms with van der Waals surface area (Å²) >= 11 is 1.90. The van der Waals surface area contributed by atoms with Gasteiger partial charge in [-0.25, -0.2) is 4.39 Å². The number of aliphatic hydroxyl groups is 1. The van der Waals surface area contributed by atoms with E-state index in [4.69, 9.17) is 5.73 Å². The number of carbonyl (C=O) groups is 2. The van der Waals surface area contributed by atoms with Gasteiger partial charge in [0.1, 0.15) is 5.82 Å². The van der Waals surface area contributed by atoms with Crippen LogP contribution in [0.4, 0.5) is 10.1 Å². The largest absolute Gasteiger partial charge is 0.398 e. The monoisotopic (exact) mass is 522 g/mol. The Bertz CT molecular complexity index is 1300. The van der Waals surface area contributed by atoms with Gasteiger partial charge < -0.3 is 21.1 Å². The second-order valence-corrected chi connectivity index (χ2v) is 10.3. The first-order valence-corrected chi connectivity index (χ1v) is 13.3. The van der Waals surface area contributed by atoms with Crippen LogP contribution in [0.15, 0.2) is 48.5 Å². The zero-order chi connectivity index (χ0) is 26.4. The molecule has 0 saturated carbocycles. The summed E-state index contributed by atoms with van der Waals surface area (Å²) in [5.74, 6) is 1.33. The fraction of sp³-hybridized carbons (Fsp3) is 0.286. The van der Waals surface area contributed by atoms with Crippen LogP contribution in [0.1, 0.15) is 27.3 Å². The Hall–Kier alpha value is -3.40. The quantitative estimate of drug-likeness (QED) is 0.194. The molecule has 5 N–H and O–H groups in total. The van der Waals surface area contributed by atoms with E-state index in [2.05, 4.69) is 15.2 Å². The van der Waals surface area contributed by atoms with Crippen molar-refractivity contribution in [2.24, 2.45) is 0 Å². The lowest BCUT2D eigenvalue weighted by atomic mass is 9.92. The highest BCUT2D eigenvalue weighted by Gasteiger charge is 2.19. The number of nitrogens with zero attached hydrogens (tertiary/aromatic N) is 1. The van der Waals surface area contributed by atoms with Crippen LogP contribution >= 0.6 is 11.8 Å². The number of hydrogen-bond donors (Lipinski definition) is 4. The first kappa shape index (κ1) is 26.7. The molecule has 1 unspecified atom stereocenters. The number of aldehydes is 1. The van der Waals surface area contributed by atoms with E-state index >= 15 is 0 Å². The minimum absolute atomic E-state index is 0.117. The second-order valence-electron chi connectivity index (χ2n) is 9.05. The predicted octanol–water partition coefficient (Wildman–Crippen LogP) is 3.59. The van der Waals surface area contributed by atoms with Crippen LogP contribution in [0, 0.1) is 12.7 Å². The van der Waals surface area contributed by atoms with Crippen LogP contribution in [-0.2, 0) is 4.79 Å². The summed E-state index contributed by atoms with van der Waals surface area (Å²) in [6.07, 6.45) is 1.56. The van der Waals surface area contributed by atoms with Gasteiger partial charge in [-0.1, -0.05) is 24.3 Å². The van der Waals surface area contributed by atoms with Gasteiger partial charge in [0.15, 0.2) is 6.29 Å². The highest BCUT2D eigenvalue weighted by atomic mass is 32.2. The fourth-order valence-corrected chi connectivity index (χ4v) is 5.45. The Morgan fingerprint density at radius 1 is 1.24 bits per heavy atom. The van der Waals surface area contributed by atoms with Crippen LogP contribution < -0.4 is 11.1 Å². The molecule has 1 saturated heterocycles. The Kier molecular flexibility index (Phi) is 8.81. The first-order valence-electron chi connectivity index (χ1n) is 12.1. The molecule has 1 aliphatic heterocycles. The Morgan fingerprint density at radius 3 is 2.73 bits per heavy atom. The maximum atomic E-state index is 13.9. The smallest absolute Gasteiger partial charge is 0.253 e. The van der Waals surface area contributed by atoms with Crippen molar-refractivity contribution in [2.45, 2.75) is 13.0 Å². The SMILES string of the molecule is Cc1cc(C(=O)NCC(O)CN2CCSCC2)c(/C=C(\C=O)c2c(N)cccc2-c2cccc(F)c2)[nH]1. The number of nitrogens with one attached hydrogen (secondary N) is 2. The molecular formula is C28H31FN4O3S. The number of amides is 1. The van der Waals surface area contributed by atoms with Crippen molar-refractivity contribution < 1.29 is 19.1 Å². The zero-order valence-corrected chi connectivity index (χ0v) is 21.5. The topological polar surface area (TPSA) is 111 Å². The molecule has 1 atom stereocenters. The molecule has 2 aromatic carbocycles. The molecule has 7 nitrogen and oxygen atoms in total. The van der Waals surface area contributed by atoms with Crippen molar-refractivity contribution in [3.05, 3.63) is 76.9 Å². The maximum Gasteiger partial charge on any atom is 0.253 e. The van der Waals surface area contributed by atoms with E-state index in [0.717, 1.165) is 30.3 Å². The number of H-pyrrole nitrogens is 1. The van der Waals surface area contributed by atoms with Crippen molar-refractivity contribution in [3.63, 3.8) is 0 Å². The highest BCUT2D eigenvalue weighted by Crippen LogP contribution is 2.34. The van der Waals surface area contributed by atoms with Gasteiger partial charge in [0.05, 0.1) is 17.4 Å². The number of nitrogens with two attached hydrogens (primary N) is 1. The Labute approximate surface area is 219 Å². The number of nitrogen functional groups attached to an aromatic ring is 1. The van der Waals surface area contributed by atoms with Gasteiger partial charge in [0.2, 0.25) is 0 Å². The number of benzene rings is 2. The molecule has 1 amide bonds. The van der Waals surface area contributed by atoms with Gasteiger partial charge >= 0.3 is 0 Å². The number of carbonyl (C=O) groups excluding carboxylic acids is 2. The lowest BCUT2D eigenvalue weighted by Gasteiger charge is -2.28. The Balaban J connectivity index is 1.58. The van der Waals surface area contributed by atoms with Crippen LogP contribution in [0.2, 0.25) is 0 Å². The number of anilines is 1. The third-order valence-electron chi connectivity index (χ3n) is 6.25. The molecule has 2 heterocycles. The summed E-state index contributed by atoms with van der Waals surface area (Å²) in [5.41, 5.74) is 10.0. The molecule has 1 aliphatic rings. The van der Waals surface area contributed by atoms with E-state index < -0.39 is 11.9 Å². The van der Waals surface area contributed by atoms with Crippen molar-refractivity contribution >= 4 is 41.3 Å². The number of β-amino-alcohol motifs (C(OH)–C–C–N with tert-alkyl or cyclic N) is 1. The van der Waals surface area contributed by atoms with Crippen molar-refractivity contribution in [1.29, 1.82) is 0 Å². The molecule has 194 valence electrons. The molecule has 0 spiro atoms. The number of aromatic amines is 1. The molecule has 0 aliphatic carbocycles. The number of hydrogen-bond acceptors (Lipinski definition) is 6. The molecular weight excluding hydrogens is 491 g/mol. The van der Waals surface area contributed by atoms with Crippen molar-refractivity contribution in [1.82, 2.24) is 15.2 Å². The molecule has 37 heavy (non-hydrogen) atoms. The number of allylic oxidation sites excluding steroid dienone is 1. The normalized spacial score (nSPS) is 15.4. The molecule has 4 rings (SSSR count). The number of aryl methyl sites for hydroxylation is 1. The highest BCUT2D eigenvalue weighted by molar-refractivity contribution is 7.99. The Morgan fingerprint density at radius 2 is 2.00 bits per heavy atom. The summed E-state index contributed by atoms with van der Waals surface area (Å²) < 4.78 is 13.9. The summed E-state index contributed by atoms with van der Waals surface area (Å²) in [4.78, 5) is 30.6. The summed E-state index contributed by atoms with van der Waals surface area (Å²) in [6.45, 7) is 4.29. The van der Waals surface area contributed by atoms with Crippen LogP contribution in [0.5, 0.6) is 0 Å². The van der Waals surface area contributed by atoms with Gasteiger partial charge in [-0.3, -0.25) is 14.5 Å². The van der Waals surface area contributed by atoms with Crippen LogP contribution in [0.25, 0.3) is 22.8 Å². The predicted molar refractivity (Wildman–Crippen MR) is 148 cm³/mol. The van der Waals surface area contributed by atoms with Gasteiger partial charge in [-0.05, 0) is 48.4 Å². The minimum Gasteiger partial charge on any atom is -0.398 e. The van der Waals surface area contributed by atoms with E-state index in [1.807, 2.05) is 18.7 Å². The molecule has 0 radical (unpaired) electrons. The van der Waals surface area contributed by atoms with Crippen molar-refractivity contribution in [3.8, 4) is 11.1 Å². The number of rotatable bonds is 9. The lowest BCUT2D eigenvalue weighted by Crippen LogP contribution is -2.43. The van der Waals surface area contributed by atoms with E-state index in [0.29, 0.717) is 46.5 Å². The number of halogens is 1. The average Bonchev–Trinajstić information content (AvgIpc) is 3.26. The third kappa shape index (κ3) is 6.68. The summed E-state index contributed by atoms with van der Waals surface area (Å²) in [6, 6.07) is 13.0. The summed E-state index contributed by atoms with van der Waals surface area (Å²) in [5, 5.41) is 13.2. The standard InChI is InChI=1S/C28H31FN4O3S/c1-18-12-24(28(36)31-15-22(35)16-33-8-10-37-11-9-33)26(32-18)14-20(17-34)27-23(6-3-7-25(27)30)19-4-2-5-21(29)13-19/h2-7,12-14,17,22,32,35H,8-11,15-16,30H2,1H3,(H,31,36)/b20-14+. The second kappa shape index (κ2) is 12.2. The molecule has 1 fully saturated rings. The van der Waals surface area contributed by atoms with Gasteiger partial charge in [0, 0.05) is 60.2 Å². The van der Waals surface area contributed by atoms with E-state index in [-0.39, 0.29) is 18.0 Å². The number of thioether (sulfide) groups is 1. The van der Waals surface area contributed by atoms with Crippen LogP contribution in [0.3, 0.4) is 0 Å². The lowest BCUT2D eigenvalue weighted by molar-refractivity contribution is -0.103. The minimum atomic E-state index is -0.686. The van der Waals surface area contributed by atoms with Gasteiger partial charge in [-0.15, -0.1) is 0 Å². The first-order chi connectivity index (χ1) is 17.9. The third-order valence-corrected chi connectivity index (χ3v) is 7.19. The van der Waals surface area contributed by atoms with E-state index in [9.17, 15) is 19.1 Å². The van der Waals surface area contributed by atoms with Crippen molar-refractivity contribution in [2.75, 3.05) is 43.4 Å². The molecule has 9 heteroatoms. The molecule has 0 bridgehead atoms. The molecule has 1 aromatic heterocycles. The van der Waals surface area contributed by atoms with Gasteiger partial charge in [-0.2, -0.15) is 11.8 Å². The fourth-order valence-electron chi connectivity index (χ4n) is 4.47. The number of aliphatic hydroxyl groups excluding tert-OH is 1. The van der Waals surface area contributed by atoms with Crippen LogP contribution in [-0.4, -0.2) is 71.0 Å².